The van der Waals surface area contributed by atoms with E-state index in [9.17, 15) is 0 Å². The summed E-state index contributed by atoms with van der Waals surface area (Å²) < 4.78 is 1.13. The fourth-order valence-corrected chi connectivity index (χ4v) is 8.20. The average Bonchev–Trinajstić information content (AvgIpc) is 3.27. The van der Waals surface area contributed by atoms with E-state index in [2.05, 4.69) is 169 Å². The Bertz CT molecular complexity index is 2470. The summed E-state index contributed by atoms with van der Waals surface area (Å²) in [6.07, 6.45) is 0. The van der Waals surface area contributed by atoms with E-state index in [1.807, 2.05) is 0 Å². The molecule has 1 heteroatoms. The number of benzene rings is 8. The molecular formula is C43H29Br. The van der Waals surface area contributed by atoms with Gasteiger partial charge in [-0.05, 0) is 112 Å². The first-order chi connectivity index (χ1) is 21.5. The second-order valence-corrected chi connectivity index (χ2v) is 13.5. The summed E-state index contributed by atoms with van der Waals surface area (Å²) in [5.74, 6) is 0. The van der Waals surface area contributed by atoms with E-state index in [4.69, 9.17) is 0 Å². The maximum Gasteiger partial charge on any atom is 0.0178 e. The monoisotopic (exact) mass is 624 g/mol. The molecule has 0 spiro atoms. The molecule has 0 aromatic heterocycles. The van der Waals surface area contributed by atoms with Gasteiger partial charge in [0.2, 0.25) is 0 Å². The first-order valence-corrected chi connectivity index (χ1v) is 16.1. The second kappa shape index (κ2) is 9.39. The van der Waals surface area contributed by atoms with E-state index < -0.39 is 0 Å². The summed E-state index contributed by atoms with van der Waals surface area (Å²) in [7, 11) is 0. The third-order valence-electron chi connectivity index (χ3n) is 9.90. The number of hydrogen-bond donors (Lipinski definition) is 0. The van der Waals surface area contributed by atoms with E-state index >= 15 is 0 Å². The Labute approximate surface area is 265 Å². The number of halogens is 1. The van der Waals surface area contributed by atoms with E-state index in [1.165, 1.54) is 87.6 Å². The predicted octanol–water partition coefficient (Wildman–Crippen LogP) is 12.7. The van der Waals surface area contributed by atoms with Gasteiger partial charge in [-0.3, -0.25) is 0 Å². The first-order valence-electron chi connectivity index (χ1n) is 15.3. The molecule has 0 aliphatic heterocycles. The topological polar surface area (TPSA) is 0 Å². The number of rotatable bonds is 2. The molecule has 9 rings (SSSR count). The minimum Gasteiger partial charge on any atom is -0.0616 e. The minimum absolute atomic E-state index is 0.121. The lowest BCUT2D eigenvalue weighted by atomic mass is 9.79. The van der Waals surface area contributed by atoms with Crippen LogP contribution in [0.25, 0.3) is 76.5 Å². The van der Waals surface area contributed by atoms with Crippen LogP contribution >= 0.6 is 15.9 Å². The highest BCUT2D eigenvalue weighted by atomic mass is 79.9. The quantitative estimate of drug-likeness (QED) is 0.168. The van der Waals surface area contributed by atoms with Crippen LogP contribution in [0.15, 0.2) is 144 Å². The fraction of sp³-hybridized carbons (Fsp3) is 0.0698. The number of fused-ring (bicyclic) bond motifs is 7. The normalized spacial score (nSPS) is 13.5. The van der Waals surface area contributed by atoms with Crippen LogP contribution in [0.5, 0.6) is 0 Å². The van der Waals surface area contributed by atoms with Crippen LogP contribution in [-0.4, -0.2) is 0 Å². The Balaban J connectivity index is 1.53. The Morgan fingerprint density at radius 1 is 0.386 bits per heavy atom. The van der Waals surface area contributed by atoms with E-state index in [0.717, 1.165) is 4.47 Å². The van der Waals surface area contributed by atoms with Gasteiger partial charge in [-0.25, -0.2) is 0 Å². The number of hydrogen-bond acceptors (Lipinski definition) is 0. The molecule has 8 aromatic rings. The van der Waals surface area contributed by atoms with Crippen LogP contribution in [0.2, 0.25) is 0 Å². The molecule has 0 fully saturated rings. The lowest BCUT2D eigenvalue weighted by molar-refractivity contribution is 0.661. The van der Waals surface area contributed by atoms with Crippen molar-refractivity contribution in [2.45, 2.75) is 19.3 Å². The van der Waals surface area contributed by atoms with Gasteiger partial charge in [-0.1, -0.05) is 145 Å². The second-order valence-electron chi connectivity index (χ2n) is 12.6. The van der Waals surface area contributed by atoms with Crippen LogP contribution < -0.4 is 0 Å². The molecule has 1 aliphatic rings. The lowest BCUT2D eigenvalue weighted by Crippen LogP contribution is -2.15. The largest absolute Gasteiger partial charge is 0.0616 e. The van der Waals surface area contributed by atoms with Crippen LogP contribution in [-0.2, 0) is 5.41 Å². The third kappa shape index (κ3) is 3.57. The van der Waals surface area contributed by atoms with Gasteiger partial charge in [0, 0.05) is 9.89 Å². The Morgan fingerprint density at radius 2 is 0.864 bits per heavy atom. The fourth-order valence-electron chi connectivity index (χ4n) is 7.84. The Morgan fingerprint density at radius 3 is 1.45 bits per heavy atom. The Kier molecular flexibility index (Phi) is 5.49. The van der Waals surface area contributed by atoms with Gasteiger partial charge in [0.05, 0.1) is 0 Å². The van der Waals surface area contributed by atoms with Gasteiger partial charge < -0.3 is 0 Å². The standard InChI is InChI=1S/C43H29Br/c1-43(2)39-23-28(44)21-22-31(39)36-24-37-38(25-40(36)43)42(33-20-10-14-27-12-4-6-16-30(27)33)35-18-8-7-17-34(35)41(37)32-19-9-13-26-11-3-5-15-29(26)32/h3-25H,1-2H3. The summed E-state index contributed by atoms with van der Waals surface area (Å²) in [5, 5.41) is 10.3. The maximum absolute atomic E-state index is 3.77. The molecule has 0 N–H and O–H groups in total. The average molecular weight is 626 g/mol. The van der Waals surface area contributed by atoms with E-state index in [-0.39, 0.29) is 5.41 Å². The molecule has 0 unspecified atom stereocenters. The summed E-state index contributed by atoms with van der Waals surface area (Å²) in [4.78, 5) is 0. The molecular weight excluding hydrogens is 596 g/mol. The SMILES string of the molecule is CC1(C)c2cc(Br)ccc2-c2cc3c(-c4cccc5ccccc45)c4ccccc4c(-c4cccc5ccccc45)c3cc21. The van der Waals surface area contributed by atoms with Crippen molar-refractivity contribution in [3.05, 3.63) is 155 Å². The molecule has 208 valence electrons. The van der Waals surface area contributed by atoms with Gasteiger partial charge in [-0.15, -0.1) is 0 Å². The zero-order valence-corrected chi connectivity index (χ0v) is 26.2. The zero-order chi connectivity index (χ0) is 29.6. The van der Waals surface area contributed by atoms with Crippen LogP contribution in [0.4, 0.5) is 0 Å². The molecule has 0 nitrogen and oxygen atoms in total. The maximum atomic E-state index is 3.77. The molecule has 0 bridgehead atoms. The summed E-state index contributed by atoms with van der Waals surface area (Å²) in [6.45, 7) is 4.75. The van der Waals surface area contributed by atoms with Gasteiger partial charge in [0.1, 0.15) is 0 Å². The third-order valence-corrected chi connectivity index (χ3v) is 10.4. The van der Waals surface area contributed by atoms with E-state index in [1.54, 1.807) is 0 Å². The molecule has 0 radical (unpaired) electrons. The van der Waals surface area contributed by atoms with Crippen LogP contribution in [0, 0.1) is 0 Å². The van der Waals surface area contributed by atoms with Gasteiger partial charge >= 0.3 is 0 Å². The van der Waals surface area contributed by atoms with Crippen molar-refractivity contribution in [3.63, 3.8) is 0 Å². The predicted molar refractivity (Wildman–Crippen MR) is 193 cm³/mol. The minimum atomic E-state index is -0.121. The van der Waals surface area contributed by atoms with Gasteiger partial charge in [-0.2, -0.15) is 0 Å². The van der Waals surface area contributed by atoms with Crippen molar-refractivity contribution in [1.29, 1.82) is 0 Å². The molecule has 0 saturated heterocycles. The van der Waals surface area contributed by atoms with E-state index in [0.29, 0.717) is 0 Å². The van der Waals surface area contributed by atoms with Crippen molar-refractivity contribution in [1.82, 2.24) is 0 Å². The smallest absolute Gasteiger partial charge is 0.0178 e. The highest BCUT2D eigenvalue weighted by Gasteiger charge is 2.36. The van der Waals surface area contributed by atoms with Crippen molar-refractivity contribution >= 4 is 59.0 Å². The zero-order valence-electron chi connectivity index (χ0n) is 24.7. The van der Waals surface area contributed by atoms with Crippen LogP contribution in [0.3, 0.4) is 0 Å². The highest BCUT2D eigenvalue weighted by molar-refractivity contribution is 9.10. The highest BCUT2D eigenvalue weighted by Crippen LogP contribution is 2.54. The van der Waals surface area contributed by atoms with Gasteiger partial charge in [0.15, 0.2) is 0 Å². The van der Waals surface area contributed by atoms with Crippen molar-refractivity contribution in [2.75, 3.05) is 0 Å². The van der Waals surface area contributed by atoms with Crippen LogP contribution in [0.1, 0.15) is 25.0 Å². The molecule has 8 aromatic carbocycles. The molecule has 0 heterocycles. The first kappa shape index (κ1) is 25.7. The van der Waals surface area contributed by atoms with Crippen molar-refractivity contribution < 1.29 is 0 Å². The molecule has 0 amide bonds. The lowest BCUT2D eigenvalue weighted by Gasteiger charge is -2.24. The molecule has 44 heavy (non-hydrogen) atoms. The Hall–Kier alpha value is -4.72. The summed E-state index contributed by atoms with van der Waals surface area (Å²) in [5.41, 5.74) is 10.5. The summed E-state index contributed by atoms with van der Waals surface area (Å²) in [6, 6.07) is 51.9. The van der Waals surface area contributed by atoms with Gasteiger partial charge in [0.25, 0.3) is 0 Å². The van der Waals surface area contributed by atoms with Crippen molar-refractivity contribution in [3.8, 4) is 33.4 Å². The molecule has 0 atom stereocenters. The molecule has 0 saturated carbocycles. The summed E-state index contributed by atoms with van der Waals surface area (Å²) >= 11 is 3.77. The van der Waals surface area contributed by atoms with Crippen molar-refractivity contribution in [2.24, 2.45) is 0 Å². The molecule has 1 aliphatic carbocycles.